The monoisotopic (exact) mass is 1850 g/mol. The van der Waals surface area contributed by atoms with Gasteiger partial charge in [0.25, 0.3) is 23.6 Å². The van der Waals surface area contributed by atoms with E-state index in [0.29, 0.717) is 23.0 Å². The van der Waals surface area contributed by atoms with Crippen LogP contribution < -0.4 is 68.8 Å². The van der Waals surface area contributed by atoms with E-state index in [1.807, 2.05) is 0 Å². The molecule has 2 unspecified atom stereocenters. The summed E-state index contributed by atoms with van der Waals surface area (Å²) in [4.78, 5) is 58.5. The van der Waals surface area contributed by atoms with Gasteiger partial charge < -0.3 is 207 Å². The summed E-state index contributed by atoms with van der Waals surface area (Å²) in [6, 6.07) is -3.47. The maximum Gasteiger partial charge on any atom is 0.261 e. The van der Waals surface area contributed by atoms with Crippen molar-refractivity contribution < 1.29 is 157 Å². The van der Waals surface area contributed by atoms with Crippen LogP contribution in [0.3, 0.4) is 0 Å². The summed E-state index contributed by atoms with van der Waals surface area (Å²) in [6.07, 6.45) is -43.6. The van der Waals surface area contributed by atoms with Crippen LogP contribution in [0.4, 0.5) is 0 Å². The van der Waals surface area contributed by atoms with E-state index in [4.69, 9.17) is 135 Å². The molecule has 6 saturated heterocycles. The third-order valence-corrected chi connectivity index (χ3v) is 28.1. The van der Waals surface area contributed by atoms with Crippen LogP contribution in [-0.4, -0.2) is 461 Å². The number of nitrogens with zero attached hydrogens (tertiary/aromatic N) is 2. The van der Waals surface area contributed by atoms with Crippen LogP contribution in [0.25, 0.3) is 10.8 Å². The van der Waals surface area contributed by atoms with Gasteiger partial charge in [-0.25, -0.2) is 0 Å². The van der Waals surface area contributed by atoms with Crippen molar-refractivity contribution in [3.63, 3.8) is 0 Å². The number of aliphatic hydroxyl groups is 14. The first kappa shape index (κ1) is 99.8. The number of rotatable bonds is 40. The van der Waals surface area contributed by atoms with Gasteiger partial charge in [0.15, 0.2) is 37.7 Å². The summed E-state index contributed by atoms with van der Waals surface area (Å²) in [5.41, 5.74) is 74.0. The number of hydrogen-bond donors (Lipinski definition) is 26. The molecule has 8 fully saturated rings. The number of imide groups is 2. The lowest BCUT2D eigenvalue weighted by Gasteiger charge is -2.47. The van der Waals surface area contributed by atoms with Crippen LogP contribution in [0, 0.1) is 0 Å². The van der Waals surface area contributed by atoms with E-state index in [-0.39, 0.29) is 121 Å². The van der Waals surface area contributed by atoms with Gasteiger partial charge in [-0.2, -0.15) is 47.0 Å². The number of aliphatic hydroxyl groups excluding tert-OH is 14. The molecular weight excluding hydrogens is 1730 g/mol. The zero-order chi connectivity index (χ0) is 89.7. The molecule has 40 atom stereocenters. The number of ether oxygens (including phenoxy) is 14. The van der Waals surface area contributed by atoms with Gasteiger partial charge in [-0.15, -0.1) is 0 Å². The number of carbonyl (C=O) groups is 4. The first-order chi connectivity index (χ1) is 59.1. The average Bonchev–Trinajstić information content (AvgIpc) is 0.854. The predicted octanol–water partition coefficient (Wildman–Crippen LogP) is -14.0. The van der Waals surface area contributed by atoms with Crippen LogP contribution >= 0.6 is 47.0 Å². The maximum atomic E-state index is 14.2. The maximum absolute atomic E-state index is 14.2. The standard InChI is InChI=1S/C74H122N14O32S4/c75-15-35-49(93)53(97)43(83)69(109-35)115-59-33(81)13-31(79)47(91)63(59)119-73-57(101)61(117-71-45(85)55(99)51(95)37(17-77)111-71)39(113-73)23-123-11-7-107-5-9-121-21-25(89)19-87-65(103)27-1-2-28-42-30(4-3-29(41(27)42)67(87)105)68(106)88(66(28)104)20-26(90)22-122-10-6-108-8-12-124-24-40-62(118-72-46(86)56(100)52(96)38(18-78)112-72)58(102)74(114-40)120-64-48(92)32(80)14-34(82)60(64)116-70-44(84)54(98)50(94)36(16-76)110-70/h1-4,25-26,31-40,43-64,69-74,89-102H,5-24,75-86H2/t25?,26?,31-,32-,33+,34+,35-,36-,37+,38+,39-,40-,43-,44-,45-,46-,47+,48+,49-,50-,51-,52-,53-,54-,55-,56-,57-,58-,59-,60-,61-,62-,63-,64-,69-,70-,71-,72-,73+,74+/m1/s1. The minimum Gasteiger partial charge on any atom is -0.390 e. The van der Waals surface area contributed by atoms with Gasteiger partial charge in [0, 0.05) is 129 Å². The van der Waals surface area contributed by atoms with Gasteiger partial charge in [-0.05, 0) is 37.1 Å². The summed E-state index contributed by atoms with van der Waals surface area (Å²) in [7, 11) is 0. The van der Waals surface area contributed by atoms with Gasteiger partial charge >= 0.3 is 0 Å². The van der Waals surface area contributed by atoms with Crippen molar-refractivity contribution in [1.82, 2.24) is 9.80 Å². The van der Waals surface area contributed by atoms with Crippen molar-refractivity contribution in [2.45, 2.75) is 258 Å². The van der Waals surface area contributed by atoms with Crippen LogP contribution in [0.2, 0.25) is 0 Å². The van der Waals surface area contributed by atoms with Gasteiger partial charge in [-0.1, -0.05) is 0 Å². The highest BCUT2D eigenvalue weighted by Crippen LogP contribution is 2.42. The second kappa shape index (κ2) is 44.5. The van der Waals surface area contributed by atoms with Gasteiger partial charge in [-0.3, -0.25) is 29.0 Å². The topological polar surface area (TPSA) is 799 Å². The van der Waals surface area contributed by atoms with E-state index in [1.54, 1.807) is 0 Å². The fraction of sp³-hybridized carbons (Fsp3) is 0.811. The third kappa shape index (κ3) is 21.8. The molecule has 2 saturated carbocycles. The van der Waals surface area contributed by atoms with Crippen molar-refractivity contribution in [2.75, 3.05) is 112 Å². The van der Waals surface area contributed by atoms with Crippen LogP contribution in [0.1, 0.15) is 54.3 Å². The molecule has 8 aliphatic heterocycles. The average molecular weight is 1850 g/mol. The zero-order valence-corrected chi connectivity index (χ0v) is 70.9. The lowest BCUT2D eigenvalue weighted by Crippen LogP contribution is -2.68. The Morgan fingerprint density at radius 3 is 0.871 bits per heavy atom. The van der Waals surface area contributed by atoms with Gasteiger partial charge in [0.1, 0.15) is 122 Å². The second-order valence-electron chi connectivity index (χ2n) is 32.5. The smallest absolute Gasteiger partial charge is 0.261 e. The summed E-state index contributed by atoms with van der Waals surface area (Å²) < 4.78 is 85.0. The fourth-order valence-electron chi connectivity index (χ4n) is 16.8. The van der Waals surface area contributed by atoms with Crippen molar-refractivity contribution in [1.29, 1.82) is 0 Å². The lowest BCUT2D eigenvalue weighted by atomic mass is 9.84. The largest absolute Gasteiger partial charge is 0.390 e. The molecule has 704 valence electrons. The molecule has 0 radical (unpaired) electrons. The molecule has 38 N–H and O–H groups in total. The van der Waals surface area contributed by atoms with E-state index < -0.39 is 281 Å². The summed E-state index contributed by atoms with van der Waals surface area (Å²) >= 11 is 5.24. The fourth-order valence-corrected chi connectivity index (χ4v) is 20.2. The number of thioether (sulfide) groups is 4. The third-order valence-electron chi connectivity index (χ3n) is 23.9. The van der Waals surface area contributed by atoms with Crippen LogP contribution in [0.5, 0.6) is 0 Å². The molecule has 8 heterocycles. The SMILES string of the molecule is NC[C@@H]1O[C@H](O[C@H]2[C@@H](O)[C@H](O[C@@H]3[C@@H](O)[C@H](N)C[C@H](N)[C@H]3O[C@H]3O[C@H](CN)[C@@H](O)[C@H](O)[C@H]3N)O[C@@H]2CSCCOCCSCC(O)CN2C(=O)c3ccc4c5c(ccc(c35)C2=O)C(=O)N(CC(O)CSCCOCCSC[C@H]2O[C@@H](O[C@@H]3[C@@H](O)[C@H](N)C[C@H](N)[C@H]3O[C@H]3O[C@H](CN)[C@@H](O)[C@H](O)[C@H]3N)[C@H](O)[C@@H]2O[C@H]2O[C@@H](CN)[C@@H](O)[C@H](O)[C@H]2N)C4=O)[C@H](N)[C@@H](O)[C@@H]1O. The number of benzene rings is 2. The summed E-state index contributed by atoms with van der Waals surface area (Å²) in [6.45, 7) is -0.835. The molecule has 2 aromatic rings. The molecule has 4 amide bonds. The Labute approximate surface area is 729 Å². The summed E-state index contributed by atoms with van der Waals surface area (Å²) in [5.74, 6) is -1.12. The van der Waals surface area contributed by atoms with Crippen molar-refractivity contribution in [3.8, 4) is 0 Å². The minimum absolute atomic E-state index is 0.0273. The summed E-state index contributed by atoms with van der Waals surface area (Å²) in [5, 5.41) is 155. The molecule has 0 bridgehead atoms. The van der Waals surface area contributed by atoms with Crippen molar-refractivity contribution in [2.24, 2.45) is 68.8 Å². The molecular formula is C74H122N14O32S4. The number of β-amino-alcohol motifs (C(OH)–C–C–N with tert-alkyl or cyclic N) is 2. The molecule has 0 spiro atoms. The molecule has 2 aliphatic carbocycles. The van der Waals surface area contributed by atoms with Gasteiger partial charge in [0.2, 0.25) is 0 Å². The Hall–Kier alpha value is -3.22. The molecule has 12 rings (SSSR count). The van der Waals surface area contributed by atoms with E-state index in [1.165, 1.54) is 71.3 Å². The Balaban J connectivity index is 0.571. The molecule has 46 nitrogen and oxygen atoms in total. The minimum atomic E-state index is -1.65. The van der Waals surface area contributed by atoms with E-state index >= 15 is 0 Å². The van der Waals surface area contributed by atoms with Crippen molar-refractivity contribution >= 4 is 81.4 Å². The van der Waals surface area contributed by atoms with E-state index in [9.17, 15) is 90.7 Å². The molecule has 0 aromatic heterocycles. The van der Waals surface area contributed by atoms with Gasteiger partial charge in [0.05, 0.1) is 100 Å². The Kier molecular flexibility index (Phi) is 35.8. The molecule has 2 aromatic carbocycles. The molecule has 50 heteroatoms. The second-order valence-corrected chi connectivity index (χ2v) is 37.1. The lowest BCUT2D eigenvalue weighted by molar-refractivity contribution is -0.306. The van der Waals surface area contributed by atoms with E-state index in [0.717, 1.165) is 9.80 Å². The highest BCUT2D eigenvalue weighted by molar-refractivity contribution is 8.00. The first-order valence-electron chi connectivity index (χ1n) is 41.2. The number of amides is 4. The highest BCUT2D eigenvalue weighted by atomic mass is 32.2. The Morgan fingerprint density at radius 1 is 0.331 bits per heavy atom. The first-order valence-corrected chi connectivity index (χ1v) is 45.8. The highest BCUT2D eigenvalue weighted by Gasteiger charge is 2.58. The molecule has 10 aliphatic rings. The van der Waals surface area contributed by atoms with Crippen LogP contribution in [0.15, 0.2) is 24.3 Å². The van der Waals surface area contributed by atoms with Crippen molar-refractivity contribution in [3.05, 3.63) is 46.5 Å². The number of carbonyl (C=O) groups excluding carboxylic acids is 4. The Bertz CT molecular complexity index is 3530. The van der Waals surface area contributed by atoms with E-state index in [2.05, 4.69) is 0 Å². The molecule has 124 heavy (non-hydrogen) atoms. The number of hydrogen-bond acceptors (Lipinski definition) is 48. The predicted molar refractivity (Wildman–Crippen MR) is 440 cm³/mol. The Morgan fingerprint density at radius 2 is 0.589 bits per heavy atom. The number of nitrogens with two attached hydrogens (primary N) is 12. The normalized spacial score (nSPS) is 42.0. The van der Waals surface area contributed by atoms with Crippen LogP contribution in [-0.2, 0) is 66.3 Å². The quantitative estimate of drug-likeness (QED) is 0.0218. The zero-order valence-electron chi connectivity index (χ0n) is 67.6.